The van der Waals surface area contributed by atoms with Crippen molar-refractivity contribution >= 4 is 17.7 Å². The second kappa shape index (κ2) is 8.76. The molecule has 3 amide bonds. The van der Waals surface area contributed by atoms with Crippen molar-refractivity contribution in [3.63, 3.8) is 0 Å². The van der Waals surface area contributed by atoms with Crippen LogP contribution in [0.3, 0.4) is 0 Å². The van der Waals surface area contributed by atoms with Crippen molar-refractivity contribution in [2.24, 2.45) is 17.6 Å². The zero-order valence-electron chi connectivity index (χ0n) is 17.6. The van der Waals surface area contributed by atoms with Crippen LogP contribution in [0.5, 0.6) is 0 Å². The number of nitrogens with one attached hydrogen (secondary N) is 1. The molecule has 0 aromatic heterocycles. The molecule has 1 aromatic carbocycles. The molecule has 0 saturated carbocycles. The smallest absolute Gasteiger partial charge is 0.251 e. The standard InChI is InChI=1S/C22H33N3O3/c1-14(2)18(21(28)25-12-10-15(11-13-25)19(23)26)24-20(27)16-6-8-17(9-7-16)22(3,4)5/h6-9,14-15,18H,10-13H2,1-5H3,(H2,23,26)(H,24,27)/t18-/m0/s1. The van der Waals surface area contributed by atoms with Crippen LogP contribution in [-0.2, 0) is 15.0 Å². The van der Waals surface area contributed by atoms with E-state index in [2.05, 4.69) is 26.1 Å². The number of rotatable bonds is 5. The van der Waals surface area contributed by atoms with E-state index in [1.807, 2.05) is 26.0 Å². The highest BCUT2D eigenvalue weighted by molar-refractivity contribution is 5.97. The highest BCUT2D eigenvalue weighted by Crippen LogP contribution is 2.22. The average molecular weight is 388 g/mol. The zero-order valence-corrected chi connectivity index (χ0v) is 17.6. The van der Waals surface area contributed by atoms with E-state index in [9.17, 15) is 14.4 Å². The predicted octanol–water partition coefficient (Wildman–Crippen LogP) is 2.46. The first kappa shape index (κ1) is 21.9. The van der Waals surface area contributed by atoms with Crippen LogP contribution in [0.2, 0.25) is 0 Å². The van der Waals surface area contributed by atoms with Gasteiger partial charge >= 0.3 is 0 Å². The van der Waals surface area contributed by atoms with Gasteiger partial charge in [-0.25, -0.2) is 0 Å². The monoisotopic (exact) mass is 387 g/mol. The Kier molecular flexibility index (Phi) is 6.86. The molecular weight excluding hydrogens is 354 g/mol. The average Bonchev–Trinajstić information content (AvgIpc) is 2.64. The van der Waals surface area contributed by atoms with E-state index < -0.39 is 6.04 Å². The fourth-order valence-corrected chi connectivity index (χ4v) is 3.44. The van der Waals surface area contributed by atoms with Gasteiger partial charge in [0.05, 0.1) is 0 Å². The number of benzene rings is 1. The first-order valence-electron chi connectivity index (χ1n) is 10.00. The van der Waals surface area contributed by atoms with E-state index in [0.29, 0.717) is 31.5 Å². The lowest BCUT2D eigenvalue weighted by atomic mass is 9.86. The molecule has 1 aliphatic heterocycles. The van der Waals surface area contributed by atoms with Crippen LogP contribution in [0.25, 0.3) is 0 Å². The van der Waals surface area contributed by atoms with E-state index in [1.54, 1.807) is 17.0 Å². The molecule has 1 heterocycles. The second-order valence-corrected chi connectivity index (χ2v) is 9.02. The Morgan fingerprint density at radius 2 is 1.61 bits per heavy atom. The second-order valence-electron chi connectivity index (χ2n) is 9.02. The van der Waals surface area contributed by atoms with Crippen LogP contribution in [0.4, 0.5) is 0 Å². The van der Waals surface area contributed by atoms with E-state index in [4.69, 9.17) is 5.73 Å². The van der Waals surface area contributed by atoms with Crippen molar-refractivity contribution in [1.82, 2.24) is 10.2 Å². The number of hydrogen-bond acceptors (Lipinski definition) is 3. The van der Waals surface area contributed by atoms with Crippen LogP contribution in [-0.4, -0.2) is 41.8 Å². The van der Waals surface area contributed by atoms with Gasteiger partial charge in [0, 0.05) is 24.6 Å². The first-order chi connectivity index (χ1) is 13.0. The summed E-state index contributed by atoms with van der Waals surface area (Å²) in [6.45, 7) is 11.2. The van der Waals surface area contributed by atoms with Gasteiger partial charge in [0.15, 0.2) is 0 Å². The Labute approximate surface area is 167 Å². The number of nitrogens with two attached hydrogens (primary N) is 1. The highest BCUT2D eigenvalue weighted by atomic mass is 16.2. The molecule has 0 bridgehead atoms. The van der Waals surface area contributed by atoms with E-state index >= 15 is 0 Å². The third kappa shape index (κ3) is 5.33. The van der Waals surface area contributed by atoms with E-state index in [1.165, 1.54) is 0 Å². The SMILES string of the molecule is CC(C)[C@H](NC(=O)c1ccc(C(C)(C)C)cc1)C(=O)N1CCC(C(N)=O)CC1. The van der Waals surface area contributed by atoms with Crippen molar-refractivity contribution in [2.75, 3.05) is 13.1 Å². The molecule has 6 heteroatoms. The van der Waals surface area contributed by atoms with Gasteiger partial charge in [0.2, 0.25) is 11.8 Å². The van der Waals surface area contributed by atoms with Crippen molar-refractivity contribution in [2.45, 2.75) is 58.9 Å². The van der Waals surface area contributed by atoms with E-state index in [-0.39, 0.29) is 35.0 Å². The molecule has 28 heavy (non-hydrogen) atoms. The molecular formula is C22H33N3O3. The van der Waals surface area contributed by atoms with Crippen molar-refractivity contribution in [3.05, 3.63) is 35.4 Å². The van der Waals surface area contributed by atoms with Gasteiger partial charge < -0.3 is 16.0 Å². The topological polar surface area (TPSA) is 92.5 Å². The summed E-state index contributed by atoms with van der Waals surface area (Å²) in [5, 5.41) is 2.90. The van der Waals surface area contributed by atoms with Crippen LogP contribution in [0.15, 0.2) is 24.3 Å². The summed E-state index contributed by atoms with van der Waals surface area (Å²) in [6.07, 6.45) is 1.15. The van der Waals surface area contributed by atoms with Gasteiger partial charge in [-0.05, 0) is 41.9 Å². The third-order valence-corrected chi connectivity index (χ3v) is 5.44. The Bertz CT molecular complexity index is 712. The maximum Gasteiger partial charge on any atom is 0.251 e. The number of carbonyl (C=O) groups excluding carboxylic acids is 3. The maximum atomic E-state index is 13.0. The number of amides is 3. The van der Waals surface area contributed by atoms with Gasteiger partial charge in [-0.15, -0.1) is 0 Å². The summed E-state index contributed by atoms with van der Waals surface area (Å²) >= 11 is 0. The minimum absolute atomic E-state index is 0.0163. The van der Waals surface area contributed by atoms with Crippen molar-refractivity contribution in [3.8, 4) is 0 Å². The number of primary amides is 1. The quantitative estimate of drug-likeness (QED) is 0.813. The van der Waals surface area contributed by atoms with Gasteiger partial charge in [0.1, 0.15) is 6.04 Å². The molecule has 0 radical (unpaired) electrons. The summed E-state index contributed by atoms with van der Waals surface area (Å²) in [6, 6.07) is 6.91. The summed E-state index contributed by atoms with van der Waals surface area (Å²) < 4.78 is 0. The Balaban J connectivity index is 2.05. The van der Waals surface area contributed by atoms with Crippen LogP contribution < -0.4 is 11.1 Å². The number of likely N-dealkylation sites (tertiary alicyclic amines) is 1. The van der Waals surface area contributed by atoms with Crippen molar-refractivity contribution < 1.29 is 14.4 Å². The predicted molar refractivity (Wildman–Crippen MR) is 110 cm³/mol. The molecule has 2 rings (SSSR count). The highest BCUT2D eigenvalue weighted by Gasteiger charge is 2.32. The van der Waals surface area contributed by atoms with Crippen LogP contribution >= 0.6 is 0 Å². The molecule has 6 nitrogen and oxygen atoms in total. The maximum absolute atomic E-state index is 13.0. The fraction of sp³-hybridized carbons (Fsp3) is 0.591. The molecule has 0 unspecified atom stereocenters. The lowest BCUT2D eigenvalue weighted by molar-refractivity contribution is -0.137. The fourth-order valence-electron chi connectivity index (χ4n) is 3.44. The van der Waals surface area contributed by atoms with Crippen molar-refractivity contribution in [1.29, 1.82) is 0 Å². The Hall–Kier alpha value is -2.37. The van der Waals surface area contributed by atoms with Gasteiger partial charge in [-0.1, -0.05) is 46.8 Å². The molecule has 1 saturated heterocycles. The normalized spacial score (nSPS) is 16.7. The van der Waals surface area contributed by atoms with Gasteiger partial charge in [-0.3, -0.25) is 14.4 Å². The largest absolute Gasteiger partial charge is 0.369 e. The Morgan fingerprint density at radius 1 is 1.07 bits per heavy atom. The minimum atomic E-state index is -0.597. The molecule has 1 aromatic rings. The summed E-state index contributed by atoms with van der Waals surface area (Å²) in [5.74, 6) is -0.867. The zero-order chi connectivity index (χ0) is 21.1. The van der Waals surface area contributed by atoms with Gasteiger partial charge in [0.25, 0.3) is 5.91 Å². The molecule has 1 atom stereocenters. The first-order valence-corrected chi connectivity index (χ1v) is 10.00. The molecule has 0 spiro atoms. The number of piperidine rings is 1. The summed E-state index contributed by atoms with van der Waals surface area (Å²) in [7, 11) is 0. The minimum Gasteiger partial charge on any atom is -0.369 e. The summed E-state index contributed by atoms with van der Waals surface area (Å²) in [4.78, 5) is 38.7. The Morgan fingerprint density at radius 3 is 2.04 bits per heavy atom. The number of carbonyl (C=O) groups is 3. The van der Waals surface area contributed by atoms with E-state index in [0.717, 1.165) is 5.56 Å². The number of nitrogens with zero attached hydrogens (tertiary/aromatic N) is 1. The molecule has 1 aliphatic rings. The number of hydrogen-bond donors (Lipinski definition) is 2. The molecule has 3 N–H and O–H groups in total. The lowest BCUT2D eigenvalue weighted by Gasteiger charge is -2.34. The lowest BCUT2D eigenvalue weighted by Crippen LogP contribution is -2.53. The third-order valence-electron chi connectivity index (χ3n) is 5.44. The molecule has 0 aliphatic carbocycles. The summed E-state index contributed by atoms with van der Waals surface area (Å²) in [5.41, 5.74) is 7.07. The molecule has 1 fully saturated rings. The van der Waals surface area contributed by atoms with Crippen LogP contribution in [0, 0.1) is 11.8 Å². The molecule has 154 valence electrons. The van der Waals surface area contributed by atoms with Gasteiger partial charge in [-0.2, -0.15) is 0 Å². The van der Waals surface area contributed by atoms with Crippen LogP contribution in [0.1, 0.15) is 63.4 Å².